The number of aromatic nitrogens is 4. The summed E-state index contributed by atoms with van der Waals surface area (Å²) in [4.78, 5) is 29.4. The van der Waals surface area contributed by atoms with E-state index in [0.717, 1.165) is 19.0 Å². The van der Waals surface area contributed by atoms with E-state index in [0.29, 0.717) is 36.0 Å². The quantitative estimate of drug-likeness (QED) is 0.274. The van der Waals surface area contributed by atoms with Crippen LogP contribution in [0.25, 0.3) is 22.0 Å². The predicted octanol–water partition coefficient (Wildman–Crippen LogP) is 5.20. The van der Waals surface area contributed by atoms with Gasteiger partial charge in [-0.1, -0.05) is 12.5 Å². The molecule has 1 saturated carbocycles. The number of H-pyrrole nitrogens is 1. The summed E-state index contributed by atoms with van der Waals surface area (Å²) in [6.45, 7) is 3.57. The highest BCUT2D eigenvalue weighted by Gasteiger charge is 2.38. The standard InChI is InChI=1S/C29H29F4N5O3/c1-28(2,41)18-6-7-23(34-13-18)21-11-17-8-9-38(27(40)20(17)12-22(21)30)15-16-4-3-5-19(10-16)36-24-14-35-37-26(39)25(24)29(31,32)33/h6-9,11-14,16,19,41H,3-5,10,15H2,1-2H3,(H2,36,37,39)/t16-,19+/m1/s1. The number of hydrogen-bond acceptors (Lipinski definition) is 6. The van der Waals surface area contributed by atoms with Crippen LogP contribution in [-0.2, 0) is 18.3 Å². The SMILES string of the molecule is CC(C)(O)c1ccc(-c2cc3ccn(C[C@@H]4CCC[C@H](Nc5cn[nH]c(=O)c5C(F)(F)F)C4)c(=O)c3cc2F)nc1. The van der Waals surface area contributed by atoms with Gasteiger partial charge >= 0.3 is 6.18 Å². The van der Waals surface area contributed by atoms with Gasteiger partial charge in [-0.15, -0.1) is 0 Å². The van der Waals surface area contributed by atoms with Crippen molar-refractivity contribution in [3.05, 3.63) is 86.6 Å². The molecule has 3 heterocycles. The van der Waals surface area contributed by atoms with Crippen LogP contribution in [0.3, 0.4) is 0 Å². The fraction of sp³-hybridized carbons (Fsp3) is 0.379. The number of benzene rings is 1. The van der Waals surface area contributed by atoms with Crippen LogP contribution in [0.15, 0.2) is 58.5 Å². The minimum atomic E-state index is -4.84. The molecule has 5 rings (SSSR count). The Bertz CT molecular complexity index is 1690. The van der Waals surface area contributed by atoms with Crippen molar-refractivity contribution in [1.82, 2.24) is 19.7 Å². The Hall–Kier alpha value is -4.06. The second-order valence-electron chi connectivity index (χ2n) is 11.0. The molecule has 1 aliphatic rings. The molecule has 0 unspecified atom stereocenters. The van der Waals surface area contributed by atoms with Crippen LogP contribution in [0.4, 0.5) is 23.2 Å². The molecule has 0 amide bonds. The minimum Gasteiger partial charge on any atom is -0.386 e. The van der Waals surface area contributed by atoms with Crippen molar-refractivity contribution in [1.29, 1.82) is 0 Å². The molecule has 41 heavy (non-hydrogen) atoms. The second-order valence-corrected chi connectivity index (χ2v) is 11.0. The fourth-order valence-electron chi connectivity index (χ4n) is 5.44. The van der Waals surface area contributed by atoms with E-state index in [2.05, 4.69) is 15.4 Å². The van der Waals surface area contributed by atoms with E-state index in [1.165, 1.54) is 16.8 Å². The first-order chi connectivity index (χ1) is 19.3. The first-order valence-electron chi connectivity index (χ1n) is 13.2. The normalized spacial score (nSPS) is 18.0. The zero-order valence-corrected chi connectivity index (χ0v) is 22.4. The van der Waals surface area contributed by atoms with Gasteiger partial charge in [-0.2, -0.15) is 18.3 Å². The summed E-state index contributed by atoms with van der Waals surface area (Å²) in [5.74, 6) is -0.631. The third-order valence-corrected chi connectivity index (χ3v) is 7.55. The largest absolute Gasteiger partial charge is 0.423 e. The number of hydrogen-bond donors (Lipinski definition) is 3. The van der Waals surface area contributed by atoms with E-state index in [9.17, 15) is 27.9 Å². The summed E-state index contributed by atoms with van der Waals surface area (Å²) in [6, 6.07) is 7.43. The molecule has 0 aliphatic heterocycles. The highest BCUT2D eigenvalue weighted by atomic mass is 19.4. The van der Waals surface area contributed by atoms with Gasteiger partial charge in [-0.05, 0) is 68.7 Å². The van der Waals surface area contributed by atoms with Crippen LogP contribution in [0.1, 0.15) is 50.7 Å². The van der Waals surface area contributed by atoms with Gasteiger partial charge in [0.05, 0.1) is 28.6 Å². The van der Waals surface area contributed by atoms with Crippen molar-refractivity contribution in [2.45, 2.75) is 63.9 Å². The third kappa shape index (κ3) is 6.02. The maximum Gasteiger partial charge on any atom is 0.423 e. The second kappa shape index (κ2) is 10.7. The number of fused-ring (bicyclic) bond motifs is 1. The lowest BCUT2D eigenvalue weighted by molar-refractivity contribution is -0.138. The molecule has 2 atom stereocenters. The number of nitrogens with one attached hydrogen (secondary N) is 2. The Morgan fingerprint density at radius 2 is 1.90 bits per heavy atom. The molecule has 8 nitrogen and oxygen atoms in total. The molecule has 3 aromatic heterocycles. The van der Waals surface area contributed by atoms with Gasteiger partial charge in [0.1, 0.15) is 11.4 Å². The number of halogens is 4. The lowest BCUT2D eigenvalue weighted by Crippen LogP contribution is -2.33. The van der Waals surface area contributed by atoms with Crippen LogP contribution in [0, 0.1) is 11.7 Å². The van der Waals surface area contributed by atoms with Gasteiger partial charge in [-0.25, -0.2) is 9.49 Å². The highest BCUT2D eigenvalue weighted by molar-refractivity contribution is 5.86. The Morgan fingerprint density at radius 3 is 2.59 bits per heavy atom. The number of aliphatic hydroxyl groups is 1. The highest BCUT2D eigenvalue weighted by Crippen LogP contribution is 2.34. The van der Waals surface area contributed by atoms with Crippen LogP contribution >= 0.6 is 0 Å². The monoisotopic (exact) mass is 571 g/mol. The first-order valence-corrected chi connectivity index (χ1v) is 13.2. The Balaban J connectivity index is 1.35. The lowest BCUT2D eigenvalue weighted by Gasteiger charge is -2.31. The molecule has 12 heteroatoms. The molecular formula is C29H29F4N5O3. The molecule has 1 fully saturated rings. The molecule has 0 spiro atoms. The van der Waals surface area contributed by atoms with E-state index < -0.39 is 28.7 Å². The van der Waals surface area contributed by atoms with E-state index >= 15 is 4.39 Å². The summed E-state index contributed by atoms with van der Waals surface area (Å²) in [5.41, 5.74) is -3.27. The van der Waals surface area contributed by atoms with Crippen LogP contribution in [-0.4, -0.2) is 30.9 Å². The molecule has 0 saturated heterocycles. The minimum absolute atomic E-state index is 0.0247. The molecule has 4 aromatic rings. The Labute approximate surface area is 232 Å². The summed E-state index contributed by atoms with van der Waals surface area (Å²) in [6.07, 6.45) is 1.82. The predicted molar refractivity (Wildman–Crippen MR) is 146 cm³/mol. The summed E-state index contributed by atoms with van der Waals surface area (Å²) in [5, 5.41) is 19.1. The summed E-state index contributed by atoms with van der Waals surface area (Å²) in [7, 11) is 0. The summed E-state index contributed by atoms with van der Waals surface area (Å²) < 4.78 is 57.0. The molecule has 3 N–H and O–H groups in total. The van der Waals surface area contributed by atoms with E-state index in [-0.39, 0.29) is 34.2 Å². The van der Waals surface area contributed by atoms with E-state index in [1.807, 2.05) is 5.10 Å². The van der Waals surface area contributed by atoms with Gasteiger partial charge in [-0.3, -0.25) is 14.6 Å². The summed E-state index contributed by atoms with van der Waals surface area (Å²) >= 11 is 0. The third-order valence-electron chi connectivity index (χ3n) is 7.55. The number of anilines is 1. The molecule has 0 radical (unpaired) electrons. The zero-order valence-electron chi connectivity index (χ0n) is 22.4. The molecular weight excluding hydrogens is 542 g/mol. The maximum absolute atomic E-state index is 15.2. The van der Waals surface area contributed by atoms with Crippen molar-refractivity contribution < 1.29 is 22.7 Å². The molecule has 1 aromatic carbocycles. The molecule has 0 bridgehead atoms. The van der Waals surface area contributed by atoms with Crippen molar-refractivity contribution in [3.8, 4) is 11.3 Å². The van der Waals surface area contributed by atoms with Crippen molar-refractivity contribution >= 4 is 16.5 Å². The smallest absolute Gasteiger partial charge is 0.386 e. The fourth-order valence-corrected chi connectivity index (χ4v) is 5.44. The Kier molecular flexibility index (Phi) is 7.45. The lowest BCUT2D eigenvalue weighted by atomic mass is 9.85. The van der Waals surface area contributed by atoms with E-state index in [4.69, 9.17) is 0 Å². The van der Waals surface area contributed by atoms with Gasteiger partial charge in [0, 0.05) is 36.1 Å². The van der Waals surface area contributed by atoms with Crippen molar-refractivity contribution in [2.24, 2.45) is 5.92 Å². The average Bonchev–Trinajstić information content (AvgIpc) is 2.89. The van der Waals surface area contributed by atoms with Gasteiger partial charge in [0.15, 0.2) is 0 Å². The number of rotatable bonds is 6. The van der Waals surface area contributed by atoms with Crippen molar-refractivity contribution in [2.75, 3.05) is 5.32 Å². The van der Waals surface area contributed by atoms with Crippen molar-refractivity contribution in [3.63, 3.8) is 0 Å². The van der Waals surface area contributed by atoms with Crippen LogP contribution in [0.2, 0.25) is 0 Å². The van der Waals surface area contributed by atoms with Crippen LogP contribution in [0.5, 0.6) is 0 Å². The molecule has 216 valence electrons. The maximum atomic E-state index is 15.2. The molecule has 1 aliphatic carbocycles. The number of alkyl halides is 3. The Morgan fingerprint density at radius 1 is 1.12 bits per heavy atom. The van der Waals surface area contributed by atoms with Gasteiger partial charge < -0.3 is 15.0 Å². The first kappa shape index (κ1) is 28.5. The van der Waals surface area contributed by atoms with Gasteiger partial charge in [0.2, 0.25) is 0 Å². The average molecular weight is 572 g/mol. The van der Waals surface area contributed by atoms with Crippen LogP contribution < -0.4 is 16.4 Å². The van der Waals surface area contributed by atoms with E-state index in [1.54, 1.807) is 44.3 Å². The number of aromatic amines is 1. The number of nitrogens with zero attached hydrogens (tertiary/aromatic N) is 3. The topological polar surface area (TPSA) is 113 Å². The van der Waals surface area contributed by atoms with Gasteiger partial charge in [0.25, 0.3) is 11.1 Å². The number of pyridine rings is 2. The zero-order chi connectivity index (χ0) is 29.5.